The summed E-state index contributed by atoms with van der Waals surface area (Å²) in [5.74, 6) is 0.00380. The number of hydrogen-bond acceptors (Lipinski definition) is 5. The summed E-state index contributed by atoms with van der Waals surface area (Å²) in [6.07, 6.45) is 9.55. The normalized spacial score (nSPS) is 10.6. The lowest BCUT2D eigenvalue weighted by atomic mass is 10.4. The van der Waals surface area contributed by atoms with Crippen LogP contribution in [0.15, 0.2) is 55.4 Å². The van der Waals surface area contributed by atoms with Crippen LogP contribution in [0.4, 0.5) is 31.4 Å². The zero-order valence-electron chi connectivity index (χ0n) is 18.7. The minimum Gasteiger partial charge on any atom is -0.397 e. The lowest BCUT2D eigenvalue weighted by Gasteiger charge is -2.18. The summed E-state index contributed by atoms with van der Waals surface area (Å²) in [6, 6.07) is 3.91. The first-order valence-corrected chi connectivity index (χ1v) is 10.0. The van der Waals surface area contributed by atoms with Gasteiger partial charge in [-0.25, -0.2) is 14.4 Å². The molecule has 33 heavy (non-hydrogen) atoms. The molecule has 0 bridgehead atoms. The molecule has 0 aromatic carbocycles. The van der Waals surface area contributed by atoms with E-state index in [1.807, 2.05) is 0 Å². The molecule has 0 saturated carbocycles. The molecule has 3 aromatic rings. The highest BCUT2D eigenvalue weighted by atomic mass is 16.2. The van der Waals surface area contributed by atoms with E-state index < -0.39 is 0 Å². The number of aromatic nitrogens is 3. The van der Waals surface area contributed by atoms with Crippen LogP contribution >= 0.6 is 0 Å². The molecule has 3 aromatic heterocycles. The van der Waals surface area contributed by atoms with Gasteiger partial charge in [-0.1, -0.05) is 0 Å². The van der Waals surface area contributed by atoms with Crippen LogP contribution in [0.1, 0.15) is 6.42 Å². The summed E-state index contributed by atoms with van der Waals surface area (Å²) in [4.78, 5) is 42.2. The number of nitrogen functional groups attached to an aromatic ring is 1. The highest BCUT2D eigenvalue weighted by Crippen LogP contribution is 2.19. The number of nitrogens with one attached hydrogen (secondary N) is 1. The number of carbonyl (C=O) groups excluding carboxylic acids is 3. The Morgan fingerprint density at radius 2 is 1.27 bits per heavy atom. The topological polar surface area (TPSA) is 152 Å². The van der Waals surface area contributed by atoms with Gasteiger partial charge in [0.1, 0.15) is 0 Å². The van der Waals surface area contributed by atoms with Crippen LogP contribution in [0, 0.1) is 5.41 Å². The molecule has 174 valence electrons. The van der Waals surface area contributed by atoms with Gasteiger partial charge in [-0.05, 0) is 18.2 Å². The van der Waals surface area contributed by atoms with Crippen molar-refractivity contribution in [3.63, 3.8) is 0 Å². The monoisotopic (exact) mass is 453 g/mol. The summed E-state index contributed by atoms with van der Waals surface area (Å²) in [6.45, 7) is 0.310. The molecular weight excluding hydrogens is 426 g/mol. The van der Waals surface area contributed by atoms with Gasteiger partial charge in [0, 0.05) is 77.0 Å². The maximum Gasteiger partial charge on any atom is 0.332 e. The van der Waals surface area contributed by atoms with E-state index in [1.54, 1.807) is 70.3 Å². The maximum absolute atomic E-state index is 12.9. The van der Waals surface area contributed by atoms with Crippen LogP contribution in [-0.4, -0.2) is 70.2 Å². The summed E-state index contributed by atoms with van der Waals surface area (Å²) in [5.41, 5.74) is 12.5. The maximum atomic E-state index is 12.9. The van der Waals surface area contributed by atoms with Gasteiger partial charge < -0.3 is 16.4 Å². The van der Waals surface area contributed by atoms with Crippen molar-refractivity contribution in [2.45, 2.75) is 6.42 Å². The fourth-order valence-electron chi connectivity index (χ4n) is 3.09. The van der Waals surface area contributed by atoms with Gasteiger partial charge in [0.05, 0.1) is 17.2 Å². The number of carbonyl (C=O) groups is 3. The number of amidine groups is 1. The van der Waals surface area contributed by atoms with Gasteiger partial charge >= 0.3 is 18.1 Å². The van der Waals surface area contributed by atoms with E-state index in [2.05, 4.69) is 0 Å². The summed E-state index contributed by atoms with van der Waals surface area (Å²) in [7, 11) is 4.80. The Morgan fingerprint density at radius 1 is 0.818 bits per heavy atom. The minimum atomic E-state index is -0.373. The fraction of sp³-hybridized carbons (Fsp3) is 0.238. The second-order valence-corrected chi connectivity index (χ2v) is 7.57. The Bertz CT molecular complexity index is 1190. The van der Waals surface area contributed by atoms with Crippen molar-refractivity contribution in [3.8, 4) is 0 Å². The molecule has 0 unspecified atom stereocenters. The third-order valence-electron chi connectivity index (χ3n) is 5.12. The van der Waals surface area contributed by atoms with Crippen molar-refractivity contribution >= 4 is 41.0 Å². The molecule has 5 N–H and O–H groups in total. The lowest BCUT2D eigenvalue weighted by Crippen LogP contribution is -2.33. The molecule has 3 rings (SSSR count). The lowest BCUT2D eigenvalue weighted by molar-refractivity contribution is 0.211. The Morgan fingerprint density at radius 3 is 1.73 bits per heavy atom. The van der Waals surface area contributed by atoms with Crippen molar-refractivity contribution in [1.29, 1.82) is 5.41 Å². The molecule has 0 atom stereocenters. The van der Waals surface area contributed by atoms with Gasteiger partial charge in [0.25, 0.3) is 0 Å². The summed E-state index contributed by atoms with van der Waals surface area (Å²) < 4.78 is 4.06. The first kappa shape index (κ1) is 23.2. The first-order valence-electron chi connectivity index (χ1n) is 10.0. The average molecular weight is 454 g/mol. The van der Waals surface area contributed by atoms with E-state index in [9.17, 15) is 14.4 Å². The Balaban J connectivity index is 1.68. The molecule has 12 heteroatoms. The second-order valence-electron chi connectivity index (χ2n) is 7.57. The number of nitrogens with two attached hydrogens (primary N) is 2. The van der Waals surface area contributed by atoms with Gasteiger partial charge in [-0.2, -0.15) is 0 Å². The molecule has 0 fully saturated rings. The van der Waals surface area contributed by atoms with Gasteiger partial charge in [0.2, 0.25) is 0 Å². The fourth-order valence-corrected chi connectivity index (χ4v) is 3.09. The third-order valence-corrected chi connectivity index (χ3v) is 5.12. The van der Waals surface area contributed by atoms with Gasteiger partial charge in [-0.15, -0.1) is 0 Å². The van der Waals surface area contributed by atoms with Crippen LogP contribution in [0.3, 0.4) is 0 Å². The smallest absolute Gasteiger partial charge is 0.332 e. The zero-order valence-corrected chi connectivity index (χ0v) is 18.7. The molecule has 0 aliphatic heterocycles. The van der Waals surface area contributed by atoms with E-state index in [4.69, 9.17) is 16.9 Å². The molecule has 12 nitrogen and oxygen atoms in total. The molecule has 0 aliphatic rings. The quantitative estimate of drug-likeness (QED) is 0.399. The predicted molar refractivity (Wildman–Crippen MR) is 126 cm³/mol. The van der Waals surface area contributed by atoms with Gasteiger partial charge in [0.15, 0.2) is 0 Å². The van der Waals surface area contributed by atoms with Crippen molar-refractivity contribution in [2.75, 3.05) is 43.2 Å². The first-order chi connectivity index (χ1) is 15.6. The molecule has 3 amide bonds. The molecule has 0 aliphatic carbocycles. The molecular formula is C21H27N9O3. The Kier molecular flexibility index (Phi) is 6.56. The highest BCUT2D eigenvalue weighted by Gasteiger charge is 2.19. The zero-order chi connectivity index (χ0) is 24.3. The minimum absolute atomic E-state index is 0.00380. The molecule has 0 radical (unpaired) electrons. The Hall–Kier alpha value is -4.48. The van der Waals surface area contributed by atoms with Crippen molar-refractivity contribution in [3.05, 3.63) is 55.4 Å². The number of rotatable bonds is 5. The van der Waals surface area contributed by atoms with E-state index in [0.717, 1.165) is 0 Å². The predicted octanol–water partition coefficient (Wildman–Crippen LogP) is 2.11. The largest absolute Gasteiger partial charge is 0.397 e. The SMILES string of the molecule is CN(CCC(=N)N)C(=O)n1ccc(N(C)C(=O)n2ccc(N(C)C(=O)n3ccc(N)c3)c2)c1. The second kappa shape index (κ2) is 9.34. The van der Waals surface area contributed by atoms with E-state index in [-0.39, 0.29) is 30.3 Å². The van der Waals surface area contributed by atoms with Crippen LogP contribution in [0.25, 0.3) is 0 Å². The van der Waals surface area contributed by atoms with Crippen molar-refractivity contribution in [1.82, 2.24) is 18.6 Å². The van der Waals surface area contributed by atoms with E-state index in [1.165, 1.54) is 34.6 Å². The molecule has 0 spiro atoms. The standard InChI is InChI=1S/C21H27N9O3/c1-25(8-7-18(23)24)19(31)29-10-5-16(13-29)27(3)21(33)30-11-6-17(14-30)26(2)20(32)28-9-4-15(22)12-28/h4-6,9-14H,7-8,22H2,1-3H3,(H3,23,24). The van der Waals surface area contributed by atoms with E-state index in [0.29, 0.717) is 23.6 Å². The van der Waals surface area contributed by atoms with E-state index >= 15 is 0 Å². The van der Waals surface area contributed by atoms with Crippen molar-refractivity contribution in [2.24, 2.45) is 5.73 Å². The highest BCUT2D eigenvalue weighted by molar-refractivity contribution is 5.96. The number of amides is 3. The van der Waals surface area contributed by atoms with Crippen LogP contribution in [0.2, 0.25) is 0 Å². The number of hydrogen-bond donors (Lipinski definition) is 3. The average Bonchev–Trinajstić information content (AvgIpc) is 3.55. The van der Waals surface area contributed by atoms with Crippen LogP contribution < -0.4 is 21.3 Å². The number of anilines is 3. The van der Waals surface area contributed by atoms with Crippen LogP contribution in [0.5, 0.6) is 0 Å². The summed E-state index contributed by atoms with van der Waals surface area (Å²) in [5, 5.41) is 7.28. The van der Waals surface area contributed by atoms with Crippen molar-refractivity contribution < 1.29 is 14.4 Å². The number of nitrogens with zero attached hydrogens (tertiary/aromatic N) is 6. The Labute approximate surface area is 190 Å². The molecule has 3 heterocycles. The summed E-state index contributed by atoms with van der Waals surface area (Å²) >= 11 is 0. The van der Waals surface area contributed by atoms with Gasteiger partial charge in [-0.3, -0.25) is 28.9 Å². The third kappa shape index (κ3) is 5.06. The molecule has 0 saturated heterocycles. The van der Waals surface area contributed by atoms with Crippen LogP contribution in [-0.2, 0) is 0 Å².